The zero-order valence-electron chi connectivity index (χ0n) is 18.2. The normalized spacial score (nSPS) is 21.3. The molecule has 30 heavy (non-hydrogen) atoms. The largest absolute Gasteiger partial charge is 0.497 e. The third kappa shape index (κ3) is 7.10. The first kappa shape index (κ1) is 23.3. The molecule has 1 aromatic carbocycles. The van der Waals surface area contributed by atoms with E-state index in [1.165, 1.54) is 6.42 Å². The van der Waals surface area contributed by atoms with Crippen molar-refractivity contribution in [3.8, 4) is 11.5 Å². The summed E-state index contributed by atoms with van der Waals surface area (Å²) < 4.78 is 11.3. The molecule has 170 valence electrons. The van der Waals surface area contributed by atoms with Crippen LogP contribution in [0.4, 0.5) is 0 Å². The third-order valence-electron chi connectivity index (χ3n) is 6.28. The van der Waals surface area contributed by atoms with Crippen LogP contribution in [0.1, 0.15) is 50.5 Å². The quantitative estimate of drug-likeness (QED) is 0.456. The maximum Gasteiger partial charge on any atom is 0.124 e. The van der Waals surface area contributed by atoms with Gasteiger partial charge in [-0.1, -0.05) is 19.3 Å². The van der Waals surface area contributed by atoms with E-state index in [2.05, 4.69) is 10.2 Å². The van der Waals surface area contributed by atoms with Gasteiger partial charge in [-0.05, 0) is 43.9 Å². The van der Waals surface area contributed by atoms with E-state index in [0.29, 0.717) is 25.4 Å². The number of methoxy groups -OCH3 is 1. The molecule has 1 saturated carbocycles. The van der Waals surface area contributed by atoms with Gasteiger partial charge in [-0.2, -0.15) is 0 Å². The fourth-order valence-electron chi connectivity index (χ4n) is 4.42. The van der Waals surface area contributed by atoms with E-state index < -0.39 is 11.7 Å². The molecule has 0 aromatic heterocycles. The van der Waals surface area contributed by atoms with Gasteiger partial charge in [0, 0.05) is 38.3 Å². The topological polar surface area (TPSA) is 94.4 Å². The van der Waals surface area contributed by atoms with Gasteiger partial charge in [0.15, 0.2) is 0 Å². The standard InChI is InChI=1S/C23H38N2O5/c1-29-21-5-6-22(30-16-20(27)15-25-11-7-19(26)8-12-25)18(13-21)14-24-17-23(28)9-3-2-4-10-23/h5-6,13,19-20,24,26-28H,2-4,7-12,14-17H2,1H3/t20-/m1/s1. The molecule has 4 N–H and O–H groups in total. The molecule has 2 aliphatic rings. The Morgan fingerprint density at radius 2 is 1.93 bits per heavy atom. The highest BCUT2D eigenvalue weighted by Crippen LogP contribution is 2.28. The molecule has 3 rings (SSSR count). The minimum atomic E-state index is -0.615. The van der Waals surface area contributed by atoms with Crippen LogP contribution in [-0.2, 0) is 6.54 Å². The van der Waals surface area contributed by atoms with Gasteiger partial charge in [-0.15, -0.1) is 0 Å². The number of piperidine rings is 1. The molecule has 0 spiro atoms. The molecule has 1 atom stereocenters. The van der Waals surface area contributed by atoms with Crippen LogP contribution in [0.5, 0.6) is 11.5 Å². The molecule has 0 radical (unpaired) electrons. The van der Waals surface area contributed by atoms with Gasteiger partial charge in [-0.25, -0.2) is 0 Å². The Kier molecular flexibility index (Phi) is 8.77. The highest BCUT2D eigenvalue weighted by molar-refractivity contribution is 5.40. The Bertz CT molecular complexity index is 642. The highest BCUT2D eigenvalue weighted by Gasteiger charge is 2.28. The van der Waals surface area contributed by atoms with Gasteiger partial charge in [0.25, 0.3) is 0 Å². The van der Waals surface area contributed by atoms with Crippen molar-refractivity contribution < 1.29 is 24.8 Å². The molecule has 1 saturated heterocycles. The Morgan fingerprint density at radius 3 is 2.63 bits per heavy atom. The van der Waals surface area contributed by atoms with Crippen LogP contribution < -0.4 is 14.8 Å². The van der Waals surface area contributed by atoms with Gasteiger partial charge in [-0.3, -0.25) is 0 Å². The molecular formula is C23H38N2O5. The number of hydrogen-bond donors (Lipinski definition) is 4. The van der Waals surface area contributed by atoms with Gasteiger partial charge in [0.1, 0.15) is 24.2 Å². The lowest BCUT2D eigenvalue weighted by Crippen LogP contribution is -2.42. The minimum absolute atomic E-state index is 0.211. The van der Waals surface area contributed by atoms with Crippen molar-refractivity contribution >= 4 is 0 Å². The average Bonchev–Trinajstić information content (AvgIpc) is 2.75. The Labute approximate surface area is 180 Å². The second-order valence-corrected chi connectivity index (χ2v) is 8.86. The number of benzene rings is 1. The van der Waals surface area contributed by atoms with E-state index in [9.17, 15) is 15.3 Å². The lowest BCUT2D eigenvalue weighted by atomic mass is 9.85. The van der Waals surface area contributed by atoms with Crippen molar-refractivity contribution in [3.05, 3.63) is 23.8 Å². The maximum atomic E-state index is 10.7. The first-order valence-corrected chi connectivity index (χ1v) is 11.3. The lowest BCUT2D eigenvalue weighted by molar-refractivity contribution is 0.00458. The Hall–Kier alpha value is -1.38. The number of aliphatic hydroxyl groups is 3. The summed E-state index contributed by atoms with van der Waals surface area (Å²) in [5.74, 6) is 1.47. The van der Waals surface area contributed by atoms with Crippen LogP contribution in [0, 0.1) is 0 Å². The number of hydrogen-bond acceptors (Lipinski definition) is 7. The number of ether oxygens (including phenoxy) is 2. The van der Waals surface area contributed by atoms with Gasteiger partial charge >= 0.3 is 0 Å². The third-order valence-corrected chi connectivity index (χ3v) is 6.28. The van der Waals surface area contributed by atoms with Gasteiger partial charge < -0.3 is 35.0 Å². The lowest BCUT2D eigenvalue weighted by Gasteiger charge is -2.32. The molecule has 0 unspecified atom stereocenters. The average molecular weight is 423 g/mol. The molecular weight excluding hydrogens is 384 g/mol. The van der Waals surface area contributed by atoms with E-state index in [-0.39, 0.29) is 12.7 Å². The van der Waals surface area contributed by atoms with Crippen LogP contribution in [-0.4, -0.2) is 77.9 Å². The van der Waals surface area contributed by atoms with E-state index in [4.69, 9.17) is 9.47 Å². The molecule has 0 bridgehead atoms. The van der Waals surface area contributed by atoms with Crippen molar-refractivity contribution in [3.63, 3.8) is 0 Å². The van der Waals surface area contributed by atoms with E-state index >= 15 is 0 Å². The van der Waals surface area contributed by atoms with E-state index in [1.54, 1.807) is 7.11 Å². The summed E-state index contributed by atoms with van der Waals surface area (Å²) in [7, 11) is 1.64. The van der Waals surface area contributed by atoms with Crippen LogP contribution in [0.2, 0.25) is 0 Å². The van der Waals surface area contributed by atoms with Crippen LogP contribution in [0.3, 0.4) is 0 Å². The summed E-state index contributed by atoms with van der Waals surface area (Å²) in [5, 5.41) is 34.1. The number of rotatable bonds is 10. The second-order valence-electron chi connectivity index (χ2n) is 8.86. The highest BCUT2D eigenvalue weighted by atomic mass is 16.5. The number of β-amino-alcohol motifs (C(OH)–C–C–N with tert-alkyl or cyclic N) is 1. The zero-order chi connectivity index (χ0) is 21.4. The summed E-state index contributed by atoms with van der Waals surface area (Å²) in [4.78, 5) is 2.17. The van der Waals surface area contributed by atoms with E-state index in [0.717, 1.165) is 62.9 Å². The number of aliphatic hydroxyl groups excluding tert-OH is 2. The number of likely N-dealkylation sites (tertiary alicyclic amines) is 1. The summed E-state index contributed by atoms with van der Waals surface area (Å²) in [5.41, 5.74) is 0.332. The SMILES string of the molecule is COc1ccc(OC[C@H](O)CN2CCC(O)CC2)c(CNCC2(O)CCCCC2)c1. The smallest absolute Gasteiger partial charge is 0.124 e. The molecule has 0 amide bonds. The van der Waals surface area contributed by atoms with Gasteiger partial charge in [0.2, 0.25) is 0 Å². The summed E-state index contributed by atoms with van der Waals surface area (Å²) >= 11 is 0. The van der Waals surface area contributed by atoms with Crippen molar-refractivity contribution in [2.75, 3.05) is 39.9 Å². The monoisotopic (exact) mass is 422 g/mol. The van der Waals surface area contributed by atoms with E-state index in [1.807, 2.05) is 18.2 Å². The predicted molar refractivity (Wildman–Crippen MR) is 116 cm³/mol. The van der Waals surface area contributed by atoms with Crippen molar-refractivity contribution in [1.82, 2.24) is 10.2 Å². The molecule has 7 nitrogen and oxygen atoms in total. The molecule has 7 heteroatoms. The molecule has 1 aromatic rings. The number of nitrogens with one attached hydrogen (secondary N) is 1. The van der Waals surface area contributed by atoms with Crippen molar-refractivity contribution in [2.24, 2.45) is 0 Å². The number of nitrogens with zero attached hydrogens (tertiary/aromatic N) is 1. The van der Waals surface area contributed by atoms with Crippen LogP contribution in [0.15, 0.2) is 18.2 Å². The molecule has 1 heterocycles. The summed E-state index contributed by atoms with van der Waals surface area (Å²) in [6, 6.07) is 5.66. The van der Waals surface area contributed by atoms with Crippen LogP contribution in [0.25, 0.3) is 0 Å². The Balaban J connectivity index is 1.50. The first-order chi connectivity index (χ1) is 14.5. The van der Waals surface area contributed by atoms with Crippen LogP contribution >= 0.6 is 0 Å². The van der Waals surface area contributed by atoms with Gasteiger partial charge in [0.05, 0.1) is 18.8 Å². The maximum absolute atomic E-state index is 10.7. The Morgan fingerprint density at radius 1 is 1.20 bits per heavy atom. The first-order valence-electron chi connectivity index (χ1n) is 11.3. The molecule has 1 aliphatic carbocycles. The second kappa shape index (κ2) is 11.3. The van der Waals surface area contributed by atoms with Crippen molar-refractivity contribution in [1.29, 1.82) is 0 Å². The molecule has 2 fully saturated rings. The zero-order valence-corrected chi connectivity index (χ0v) is 18.2. The summed E-state index contributed by atoms with van der Waals surface area (Å²) in [6.07, 6.45) is 5.78. The minimum Gasteiger partial charge on any atom is -0.497 e. The fourth-order valence-corrected chi connectivity index (χ4v) is 4.42. The molecule has 1 aliphatic heterocycles. The summed E-state index contributed by atoms with van der Waals surface area (Å²) in [6.45, 7) is 3.49. The predicted octanol–water partition coefficient (Wildman–Crippen LogP) is 1.68. The van der Waals surface area contributed by atoms with Crippen molar-refractivity contribution in [2.45, 2.75) is 69.3 Å². The fraction of sp³-hybridized carbons (Fsp3) is 0.739.